The summed E-state index contributed by atoms with van der Waals surface area (Å²) in [6.07, 6.45) is 5.02. The van der Waals surface area contributed by atoms with Crippen molar-refractivity contribution in [2.45, 2.75) is 85.0 Å². The Balaban J connectivity index is 1.33. The highest BCUT2D eigenvalue weighted by molar-refractivity contribution is 4.87. The molecule has 2 fully saturated rings. The van der Waals surface area contributed by atoms with Crippen LogP contribution in [0.25, 0.3) is 0 Å². The Labute approximate surface area is 155 Å². The maximum absolute atomic E-state index is 5.93. The number of rotatable bonds is 10. The molecule has 2 rings (SSSR count). The molecular formula is C21H41NO3. The zero-order valence-corrected chi connectivity index (χ0v) is 17.5. The molecule has 0 atom stereocenters. The predicted molar refractivity (Wildman–Crippen MR) is 103 cm³/mol. The van der Waals surface area contributed by atoms with Gasteiger partial charge in [0.1, 0.15) is 0 Å². The van der Waals surface area contributed by atoms with Gasteiger partial charge in [-0.15, -0.1) is 0 Å². The van der Waals surface area contributed by atoms with Crippen LogP contribution in [0, 0.1) is 11.3 Å². The lowest BCUT2D eigenvalue weighted by Gasteiger charge is -2.46. The van der Waals surface area contributed by atoms with Crippen LogP contribution in [0.3, 0.4) is 0 Å². The minimum atomic E-state index is -0.0345. The van der Waals surface area contributed by atoms with Crippen LogP contribution < -0.4 is 0 Å². The summed E-state index contributed by atoms with van der Waals surface area (Å²) in [6.45, 7) is 19.6. The molecule has 0 aromatic carbocycles. The van der Waals surface area contributed by atoms with Gasteiger partial charge in [0.15, 0.2) is 0 Å². The minimum absolute atomic E-state index is 0.0345. The van der Waals surface area contributed by atoms with Gasteiger partial charge in [-0.25, -0.2) is 0 Å². The normalized spacial score (nSPS) is 25.7. The molecule has 1 saturated heterocycles. The quantitative estimate of drug-likeness (QED) is 0.552. The molecule has 4 heteroatoms. The van der Waals surface area contributed by atoms with E-state index < -0.39 is 0 Å². The second-order valence-electron chi connectivity index (χ2n) is 9.96. The number of ether oxygens (including phenoxy) is 3. The van der Waals surface area contributed by atoms with Crippen molar-refractivity contribution in [3.8, 4) is 0 Å². The summed E-state index contributed by atoms with van der Waals surface area (Å²) in [5, 5.41) is 0. The average molecular weight is 356 g/mol. The Morgan fingerprint density at radius 1 is 0.840 bits per heavy atom. The highest BCUT2D eigenvalue weighted by Crippen LogP contribution is 2.33. The fraction of sp³-hybridized carbons (Fsp3) is 1.00. The first-order valence-electron chi connectivity index (χ1n) is 10.2. The van der Waals surface area contributed by atoms with Gasteiger partial charge in [0.25, 0.3) is 0 Å². The van der Waals surface area contributed by atoms with Crippen molar-refractivity contribution < 1.29 is 14.2 Å². The van der Waals surface area contributed by atoms with E-state index in [0.717, 1.165) is 51.4 Å². The molecular weight excluding hydrogens is 314 g/mol. The van der Waals surface area contributed by atoms with Gasteiger partial charge in [-0.3, -0.25) is 0 Å². The molecule has 0 aromatic heterocycles. The molecule has 0 spiro atoms. The largest absolute Gasteiger partial charge is 0.381 e. The van der Waals surface area contributed by atoms with Crippen LogP contribution in [0.1, 0.15) is 67.2 Å². The molecule has 25 heavy (non-hydrogen) atoms. The van der Waals surface area contributed by atoms with E-state index in [1.54, 1.807) is 0 Å². The van der Waals surface area contributed by atoms with Crippen LogP contribution in [-0.4, -0.2) is 62.2 Å². The van der Waals surface area contributed by atoms with E-state index in [2.05, 4.69) is 46.4 Å². The van der Waals surface area contributed by atoms with Crippen LogP contribution in [0.4, 0.5) is 0 Å². The molecule has 1 heterocycles. The number of nitrogens with zero attached hydrogens (tertiary/aromatic N) is 1. The van der Waals surface area contributed by atoms with Crippen molar-refractivity contribution in [3.05, 3.63) is 0 Å². The maximum atomic E-state index is 5.93. The highest BCUT2D eigenvalue weighted by Gasteiger charge is 2.35. The van der Waals surface area contributed by atoms with Crippen LogP contribution >= 0.6 is 0 Å². The molecule has 1 aliphatic carbocycles. The van der Waals surface area contributed by atoms with E-state index in [4.69, 9.17) is 14.2 Å². The summed E-state index contributed by atoms with van der Waals surface area (Å²) in [4.78, 5) is 2.55. The number of likely N-dealkylation sites (tertiary alicyclic amines) is 1. The Bertz CT molecular complexity index is 374. The van der Waals surface area contributed by atoms with Gasteiger partial charge in [-0.05, 0) is 57.8 Å². The van der Waals surface area contributed by atoms with E-state index in [-0.39, 0.29) is 5.60 Å². The van der Waals surface area contributed by atoms with Gasteiger partial charge in [0.05, 0.1) is 17.8 Å². The standard InChI is InChI=1S/C21H41NO3/c1-20(2,3)17-15-22(16-17)9-7-10-23-11-8-12-24-18-13-19(14-18)25-21(4,5)6/h17-19H,7-16H2,1-6H3. The first-order chi connectivity index (χ1) is 11.6. The third-order valence-electron chi connectivity index (χ3n) is 5.30. The van der Waals surface area contributed by atoms with Gasteiger partial charge in [-0.2, -0.15) is 0 Å². The summed E-state index contributed by atoms with van der Waals surface area (Å²) in [7, 11) is 0. The molecule has 2 aliphatic rings. The van der Waals surface area contributed by atoms with E-state index in [9.17, 15) is 0 Å². The first-order valence-corrected chi connectivity index (χ1v) is 10.2. The lowest BCUT2D eigenvalue weighted by Crippen LogP contribution is -2.52. The molecule has 0 radical (unpaired) electrons. The molecule has 0 aromatic rings. The van der Waals surface area contributed by atoms with Crippen LogP contribution in [0.15, 0.2) is 0 Å². The molecule has 0 unspecified atom stereocenters. The van der Waals surface area contributed by atoms with Crippen molar-refractivity contribution in [2.24, 2.45) is 11.3 Å². The van der Waals surface area contributed by atoms with Crippen molar-refractivity contribution in [1.82, 2.24) is 4.90 Å². The zero-order valence-electron chi connectivity index (χ0n) is 17.5. The fourth-order valence-corrected chi connectivity index (χ4v) is 3.45. The van der Waals surface area contributed by atoms with Crippen LogP contribution in [0.2, 0.25) is 0 Å². The van der Waals surface area contributed by atoms with Gasteiger partial charge in [0, 0.05) is 39.5 Å². The van der Waals surface area contributed by atoms with Gasteiger partial charge < -0.3 is 19.1 Å². The Hall–Kier alpha value is -0.160. The monoisotopic (exact) mass is 355 g/mol. The van der Waals surface area contributed by atoms with Crippen LogP contribution in [-0.2, 0) is 14.2 Å². The summed E-state index contributed by atoms with van der Waals surface area (Å²) in [5.74, 6) is 0.866. The van der Waals surface area contributed by atoms with Gasteiger partial charge in [0.2, 0.25) is 0 Å². The van der Waals surface area contributed by atoms with E-state index in [1.807, 2.05) is 0 Å². The Kier molecular flexibility index (Phi) is 7.75. The number of hydrogen-bond acceptors (Lipinski definition) is 4. The summed E-state index contributed by atoms with van der Waals surface area (Å²) < 4.78 is 17.5. The first kappa shape index (κ1) is 21.1. The van der Waals surface area contributed by atoms with Crippen LogP contribution in [0.5, 0.6) is 0 Å². The topological polar surface area (TPSA) is 30.9 Å². The molecule has 0 N–H and O–H groups in total. The second-order valence-corrected chi connectivity index (χ2v) is 9.96. The lowest BCUT2D eigenvalue weighted by atomic mass is 9.76. The molecule has 0 bridgehead atoms. The second kappa shape index (κ2) is 9.16. The predicted octanol–water partition coefficient (Wildman–Crippen LogP) is 4.12. The molecule has 1 saturated carbocycles. The molecule has 4 nitrogen and oxygen atoms in total. The minimum Gasteiger partial charge on any atom is -0.381 e. The van der Waals surface area contributed by atoms with Crippen molar-refractivity contribution in [1.29, 1.82) is 0 Å². The highest BCUT2D eigenvalue weighted by atomic mass is 16.5. The molecule has 0 amide bonds. The third kappa shape index (κ3) is 7.94. The summed E-state index contributed by atoms with van der Waals surface area (Å²) in [5.41, 5.74) is 0.430. The number of hydrogen-bond donors (Lipinski definition) is 0. The Morgan fingerprint density at radius 3 is 2.08 bits per heavy atom. The maximum Gasteiger partial charge on any atom is 0.0631 e. The van der Waals surface area contributed by atoms with E-state index >= 15 is 0 Å². The smallest absolute Gasteiger partial charge is 0.0631 e. The van der Waals surface area contributed by atoms with Crippen molar-refractivity contribution in [2.75, 3.05) is 39.5 Å². The van der Waals surface area contributed by atoms with E-state index in [1.165, 1.54) is 19.6 Å². The average Bonchev–Trinajstić information content (AvgIpc) is 2.37. The van der Waals surface area contributed by atoms with Gasteiger partial charge >= 0.3 is 0 Å². The van der Waals surface area contributed by atoms with E-state index in [0.29, 0.717) is 17.6 Å². The Morgan fingerprint density at radius 2 is 1.48 bits per heavy atom. The molecule has 148 valence electrons. The van der Waals surface area contributed by atoms with Crippen molar-refractivity contribution in [3.63, 3.8) is 0 Å². The SMILES string of the molecule is CC(C)(C)OC1CC(OCCCOCCCN2CC(C(C)(C)C)C2)C1. The van der Waals surface area contributed by atoms with Crippen molar-refractivity contribution >= 4 is 0 Å². The third-order valence-corrected chi connectivity index (χ3v) is 5.30. The zero-order chi connectivity index (χ0) is 18.5. The lowest BCUT2D eigenvalue weighted by molar-refractivity contribution is -0.149. The summed E-state index contributed by atoms with van der Waals surface area (Å²) in [6, 6.07) is 0. The molecule has 1 aliphatic heterocycles. The fourth-order valence-electron chi connectivity index (χ4n) is 3.45. The van der Waals surface area contributed by atoms with Gasteiger partial charge in [-0.1, -0.05) is 20.8 Å². The summed E-state index contributed by atoms with van der Waals surface area (Å²) >= 11 is 0.